The third kappa shape index (κ3) is 2.33. The molecule has 0 saturated heterocycles. The number of carbonyl (C=O) groups is 1. The molecule has 28 heavy (non-hydrogen) atoms. The van der Waals surface area contributed by atoms with Crippen LogP contribution in [0.15, 0.2) is 24.5 Å². The van der Waals surface area contributed by atoms with Gasteiger partial charge in [-0.05, 0) is 80.7 Å². The monoisotopic (exact) mass is 377 g/mol. The van der Waals surface area contributed by atoms with E-state index in [1.807, 2.05) is 29.9 Å². The maximum Gasteiger partial charge on any atom is 0.251 e. The van der Waals surface area contributed by atoms with Crippen LogP contribution in [0.25, 0.3) is 11.0 Å². The van der Waals surface area contributed by atoms with Gasteiger partial charge in [-0.1, -0.05) is 0 Å². The van der Waals surface area contributed by atoms with Crippen molar-refractivity contribution in [3.05, 3.63) is 35.9 Å². The highest BCUT2D eigenvalue weighted by Gasteiger charge is 2.60. The molecule has 0 radical (unpaired) electrons. The molecule has 2 aromatic heterocycles. The maximum absolute atomic E-state index is 13.2. The molecule has 2 atom stereocenters. The van der Waals surface area contributed by atoms with Gasteiger partial charge in [-0.3, -0.25) is 4.79 Å². The number of hydrogen-bond acceptors (Lipinski definition) is 5. The zero-order chi connectivity index (χ0) is 18.9. The predicted molar refractivity (Wildman–Crippen MR) is 102 cm³/mol. The summed E-state index contributed by atoms with van der Waals surface area (Å²) < 4.78 is 0. The van der Waals surface area contributed by atoms with Crippen LogP contribution in [0.2, 0.25) is 0 Å². The topological polar surface area (TPSA) is 101 Å². The highest BCUT2D eigenvalue weighted by atomic mass is 16.1. The Labute approximate surface area is 162 Å². The van der Waals surface area contributed by atoms with Crippen molar-refractivity contribution in [2.75, 3.05) is 0 Å². The van der Waals surface area contributed by atoms with Gasteiger partial charge < -0.3 is 10.3 Å². The van der Waals surface area contributed by atoms with E-state index in [1.54, 1.807) is 0 Å². The van der Waals surface area contributed by atoms with Gasteiger partial charge in [0.1, 0.15) is 5.82 Å². The number of amides is 1. The number of nitrogens with zero attached hydrogens (tertiary/aromatic N) is 5. The van der Waals surface area contributed by atoms with Gasteiger partial charge in [0.05, 0.1) is 16.6 Å². The molecule has 7 rings (SSSR count). The van der Waals surface area contributed by atoms with Crippen molar-refractivity contribution in [2.45, 2.75) is 56.5 Å². The van der Waals surface area contributed by atoms with Crippen LogP contribution in [0.4, 0.5) is 0 Å². The molecular formula is C20H23N7O. The van der Waals surface area contributed by atoms with E-state index in [4.69, 9.17) is 0 Å². The van der Waals surface area contributed by atoms with E-state index in [0.717, 1.165) is 49.0 Å². The average Bonchev–Trinajstić information content (AvgIpc) is 3.28. The van der Waals surface area contributed by atoms with E-state index < -0.39 is 0 Å². The molecule has 8 nitrogen and oxygen atoms in total. The summed E-state index contributed by atoms with van der Waals surface area (Å²) in [5.41, 5.74) is 2.20. The van der Waals surface area contributed by atoms with Crippen molar-refractivity contribution in [2.24, 2.45) is 11.8 Å². The molecule has 8 heteroatoms. The fourth-order valence-electron chi connectivity index (χ4n) is 6.57. The highest BCUT2D eigenvalue weighted by molar-refractivity contribution is 5.97. The SMILES string of the molecule is Cc1nc2ccc(C(=O)NC34CC5CC(C3)CC(n3ncnn3)(C5)C4)cc2[nH]1. The number of carbonyl (C=O) groups excluding carboxylic acids is 1. The summed E-state index contributed by atoms with van der Waals surface area (Å²) in [6.45, 7) is 1.92. The number of aromatic amines is 1. The van der Waals surface area contributed by atoms with Gasteiger partial charge in [-0.15, -0.1) is 10.2 Å². The first-order valence-electron chi connectivity index (χ1n) is 10.1. The van der Waals surface area contributed by atoms with Gasteiger partial charge in [-0.2, -0.15) is 4.80 Å². The zero-order valence-corrected chi connectivity index (χ0v) is 15.9. The summed E-state index contributed by atoms with van der Waals surface area (Å²) >= 11 is 0. The van der Waals surface area contributed by atoms with E-state index >= 15 is 0 Å². The number of imidazole rings is 1. The Morgan fingerprint density at radius 3 is 2.82 bits per heavy atom. The fourth-order valence-corrected chi connectivity index (χ4v) is 6.57. The lowest BCUT2D eigenvalue weighted by atomic mass is 9.50. The number of tetrazole rings is 1. The van der Waals surface area contributed by atoms with E-state index in [-0.39, 0.29) is 17.0 Å². The first-order chi connectivity index (χ1) is 13.5. The van der Waals surface area contributed by atoms with Gasteiger partial charge in [0.2, 0.25) is 0 Å². The lowest BCUT2D eigenvalue weighted by Gasteiger charge is -2.61. The Hall–Kier alpha value is -2.77. The summed E-state index contributed by atoms with van der Waals surface area (Å²) in [5.74, 6) is 2.09. The van der Waals surface area contributed by atoms with Gasteiger partial charge in [0.15, 0.2) is 6.33 Å². The number of hydrogen-bond donors (Lipinski definition) is 2. The first-order valence-corrected chi connectivity index (χ1v) is 10.1. The van der Waals surface area contributed by atoms with Crippen molar-refractivity contribution in [3.63, 3.8) is 0 Å². The standard InChI is InChI=1S/C20H23N7O/c1-12-23-16-3-2-15(5-17(16)24-12)18(28)25-19-6-13-4-14(7-19)9-20(8-13,10-19)27-22-11-21-26-27/h2-3,5,11,13-14H,4,6-10H2,1H3,(H,23,24)(H,25,28). The van der Waals surface area contributed by atoms with Gasteiger partial charge >= 0.3 is 0 Å². The summed E-state index contributed by atoms with van der Waals surface area (Å²) in [4.78, 5) is 22.6. The van der Waals surface area contributed by atoms with Crippen molar-refractivity contribution in [1.29, 1.82) is 0 Å². The van der Waals surface area contributed by atoms with E-state index in [2.05, 4.69) is 30.7 Å². The first kappa shape index (κ1) is 16.2. The van der Waals surface area contributed by atoms with E-state index in [1.165, 1.54) is 12.7 Å². The van der Waals surface area contributed by atoms with Crippen molar-refractivity contribution >= 4 is 16.9 Å². The molecular weight excluding hydrogens is 354 g/mol. The van der Waals surface area contributed by atoms with Gasteiger partial charge in [0.25, 0.3) is 5.91 Å². The predicted octanol–water partition coefficient (Wildman–Crippen LogP) is 2.34. The molecule has 0 spiro atoms. The molecule has 2 heterocycles. The summed E-state index contributed by atoms with van der Waals surface area (Å²) in [6.07, 6.45) is 7.96. The van der Waals surface area contributed by atoms with E-state index in [9.17, 15) is 4.79 Å². The molecule has 4 saturated carbocycles. The fraction of sp³-hybridized carbons (Fsp3) is 0.550. The minimum atomic E-state index is -0.173. The zero-order valence-electron chi connectivity index (χ0n) is 15.9. The van der Waals surface area contributed by atoms with Crippen LogP contribution in [0.1, 0.15) is 54.7 Å². The summed E-state index contributed by atoms with van der Waals surface area (Å²) in [7, 11) is 0. The summed E-state index contributed by atoms with van der Waals surface area (Å²) in [5, 5.41) is 16.0. The van der Waals surface area contributed by atoms with Crippen LogP contribution >= 0.6 is 0 Å². The minimum Gasteiger partial charge on any atom is -0.346 e. The Balaban J connectivity index is 1.32. The van der Waals surface area contributed by atoms with Crippen LogP contribution in [0.5, 0.6) is 0 Å². The number of nitrogens with one attached hydrogen (secondary N) is 2. The van der Waals surface area contributed by atoms with Crippen molar-refractivity contribution in [3.8, 4) is 0 Å². The average molecular weight is 377 g/mol. The van der Waals surface area contributed by atoms with Gasteiger partial charge in [0, 0.05) is 11.1 Å². The van der Waals surface area contributed by atoms with Crippen LogP contribution in [-0.2, 0) is 5.54 Å². The molecule has 4 fully saturated rings. The Morgan fingerprint density at radius 1 is 1.25 bits per heavy atom. The number of rotatable bonds is 3. The maximum atomic E-state index is 13.2. The second kappa shape index (κ2) is 5.40. The van der Waals surface area contributed by atoms with Crippen molar-refractivity contribution < 1.29 is 4.79 Å². The molecule has 2 unspecified atom stereocenters. The van der Waals surface area contributed by atoms with Crippen LogP contribution in [-0.4, -0.2) is 41.6 Å². The number of fused-ring (bicyclic) bond motifs is 1. The Kier molecular flexibility index (Phi) is 3.12. The number of aryl methyl sites for hydroxylation is 1. The second-order valence-electron chi connectivity index (χ2n) is 9.20. The smallest absolute Gasteiger partial charge is 0.251 e. The molecule has 3 aromatic rings. The van der Waals surface area contributed by atoms with Crippen LogP contribution < -0.4 is 5.32 Å². The quantitative estimate of drug-likeness (QED) is 0.729. The Morgan fingerprint density at radius 2 is 2.07 bits per heavy atom. The van der Waals surface area contributed by atoms with Crippen LogP contribution in [0.3, 0.4) is 0 Å². The number of benzene rings is 1. The number of H-pyrrole nitrogens is 1. The normalized spacial score (nSPS) is 33.5. The van der Waals surface area contributed by atoms with Gasteiger partial charge in [-0.25, -0.2) is 4.98 Å². The number of aromatic nitrogens is 6. The molecule has 4 bridgehead atoms. The van der Waals surface area contributed by atoms with E-state index in [0.29, 0.717) is 17.4 Å². The molecule has 144 valence electrons. The second-order valence-corrected chi connectivity index (χ2v) is 9.20. The Bertz CT molecular complexity index is 1060. The lowest BCUT2D eigenvalue weighted by molar-refractivity contribution is -0.0810. The molecule has 4 aliphatic carbocycles. The molecule has 1 amide bonds. The molecule has 4 aliphatic rings. The largest absolute Gasteiger partial charge is 0.346 e. The third-order valence-corrected chi connectivity index (χ3v) is 7.04. The lowest BCUT2D eigenvalue weighted by Crippen LogP contribution is -2.66. The highest BCUT2D eigenvalue weighted by Crippen LogP contribution is 2.60. The summed E-state index contributed by atoms with van der Waals surface area (Å²) in [6, 6.07) is 5.68. The molecule has 0 aliphatic heterocycles. The third-order valence-electron chi connectivity index (χ3n) is 7.04. The minimum absolute atomic E-state index is 0.00203. The molecule has 1 aromatic carbocycles. The molecule has 2 N–H and O–H groups in total. The van der Waals surface area contributed by atoms with Crippen molar-refractivity contribution in [1.82, 2.24) is 35.5 Å². The van der Waals surface area contributed by atoms with Crippen LogP contribution in [0, 0.1) is 18.8 Å².